The molecular formula is C35H32Cl3N7O2. The van der Waals surface area contributed by atoms with E-state index in [9.17, 15) is 9.59 Å². The van der Waals surface area contributed by atoms with Gasteiger partial charge in [-0.25, -0.2) is 19.0 Å². The summed E-state index contributed by atoms with van der Waals surface area (Å²) in [5.74, 6) is 1.58. The van der Waals surface area contributed by atoms with E-state index in [1.165, 1.54) is 11.1 Å². The maximum atomic E-state index is 12.5. The van der Waals surface area contributed by atoms with E-state index in [-0.39, 0.29) is 22.9 Å². The molecule has 47 heavy (non-hydrogen) atoms. The molecule has 4 heterocycles. The van der Waals surface area contributed by atoms with Crippen molar-refractivity contribution < 1.29 is 9.59 Å². The number of nitrogens with zero attached hydrogens (tertiary/aromatic N) is 6. The number of rotatable bonds is 6. The van der Waals surface area contributed by atoms with Crippen LogP contribution in [0, 0.1) is 25.7 Å². The molecule has 8 rings (SSSR count). The van der Waals surface area contributed by atoms with Crippen LogP contribution in [-0.2, 0) is 16.0 Å². The van der Waals surface area contributed by atoms with Gasteiger partial charge in [0.2, 0.25) is 5.24 Å². The summed E-state index contributed by atoms with van der Waals surface area (Å²) in [5, 5.41) is 9.16. The zero-order valence-electron chi connectivity index (χ0n) is 25.7. The fourth-order valence-corrected chi connectivity index (χ4v) is 6.43. The summed E-state index contributed by atoms with van der Waals surface area (Å²) in [6, 6.07) is 27.3. The van der Waals surface area contributed by atoms with E-state index in [0.717, 1.165) is 24.2 Å². The Kier molecular flexibility index (Phi) is 9.59. The molecule has 240 valence electrons. The van der Waals surface area contributed by atoms with Gasteiger partial charge < -0.3 is 5.73 Å². The Morgan fingerprint density at radius 1 is 0.745 bits per heavy atom. The highest BCUT2D eigenvalue weighted by Gasteiger charge is 2.43. The Hall–Kier alpha value is -4.31. The average molecular weight is 689 g/mol. The maximum Gasteiger partial charge on any atom is 0.225 e. The Morgan fingerprint density at radius 2 is 1.23 bits per heavy atom. The van der Waals surface area contributed by atoms with Crippen LogP contribution in [-0.4, -0.2) is 40.2 Å². The summed E-state index contributed by atoms with van der Waals surface area (Å²) in [6.45, 7) is 3.77. The van der Waals surface area contributed by atoms with Crippen LogP contribution in [0.3, 0.4) is 0 Å². The number of Topliss-reactive ketones (excluding diaryl/α,β-unsaturated/α-hetero) is 1. The topological polar surface area (TPSA) is 121 Å². The molecule has 12 heteroatoms. The van der Waals surface area contributed by atoms with Crippen molar-refractivity contribution in [3.05, 3.63) is 123 Å². The molecule has 2 N–H and O–H groups in total. The summed E-state index contributed by atoms with van der Waals surface area (Å²) >= 11 is 17.5. The fraction of sp³-hybridized carbons (Fsp3) is 0.257. The molecule has 0 aliphatic heterocycles. The molecular weight excluding hydrogens is 657 g/mol. The number of benzene rings is 2. The number of carbonyl (C=O) groups excluding carboxylic acids is 2. The highest BCUT2D eigenvalue weighted by Crippen LogP contribution is 2.49. The highest BCUT2D eigenvalue weighted by molar-refractivity contribution is 6.64. The van der Waals surface area contributed by atoms with Crippen molar-refractivity contribution >= 4 is 62.9 Å². The van der Waals surface area contributed by atoms with Crippen molar-refractivity contribution in [1.29, 1.82) is 0 Å². The molecule has 0 amide bonds. The van der Waals surface area contributed by atoms with E-state index < -0.39 is 0 Å². The van der Waals surface area contributed by atoms with Gasteiger partial charge in [0.1, 0.15) is 21.9 Å². The monoisotopic (exact) mass is 687 g/mol. The summed E-state index contributed by atoms with van der Waals surface area (Å²) in [5.41, 5.74) is 11.8. The molecule has 2 aliphatic carbocycles. The molecule has 0 bridgehead atoms. The Bertz CT molecular complexity index is 2060. The fourth-order valence-electron chi connectivity index (χ4n) is 5.71. The predicted octanol–water partition coefficient (Wildman–Crippen LogP) is 7.44. The van der Waals surface area contributed by atoms with Crippen molar-refractivity contribution in [1.82, 2.24) is 29.2 Å². The van der Waals surface area contributed by atoms with Crippen molar-refractivity contribution in [3.63, 3.8) is 0 Å². The first-order valence-corrected chi connectivity index (χ1v) is 16.3. The number of hydrogen-bond donors (Lipinski definition) is 1. The van der Waals surface area contributed by atoms with E-state index in [1.807, 2.05) is 74.5 Å². The van der Waals surface area contributed by atoms with E-state index in [1.54, 1.807) is 21.2 Å². The smallest absolute Gasteiger partial charge is 0.225 e. The normalized spacial score (nSPS) is 19.3. The Morgan fingerprint density at radius 3 is 1.77 bits per heavy atom. The second kappa shape index (κ2) is 13.8. The van der Waals surface area contributed by atoms with Crippen molar-refractivity contribution in [3.8, 4) is 0 Å². The minimum absolute atomic E-state index is 0.0778. The minimum atomic E-state index is -0.191. The van der Waals surface area contributed by atoms with Gasteiger partial charge in [-0.1, -0.05) is 83.9 Å². The lowest BCUT2D eigenvalue weighted by atomic mass is 10.1. The molecule has 2 aromatic carbocycles. The number of anilines is 1. The second-order valence-electron chi connectivity index (χ2n) is 11.9. The van der Waals surface area contributed by atoms with Gasteiger partial charge in [0.05, 0.1) is 17.1 Å². The highest BCUT2D eigenvalue weighted by atomic mass is 35.5. The van der Waals surface area contributed by atoms with Crippen LogP contribution >= 0.6 is 34.8 Å². The molecule has 2 aliphatic rings. The van der Waals surface area contributed by atoms with Crippen molar-refractivity contribution in [2.75, 3.05) is 5.73 Å². The largest absolute Gasteiger partial charge is 0.384 e. The zero-order valence-corrected chi connectivity index (χ0v) is 28.0. The number of carbonyl (C=O) groups is 2. The van der Waals surface area contributed by atoms with Crippen molar-refractivity contribution in [2.24, 2.45) is 11.8 Å². The van der Waals surface area contributed by atoms with Gasteiger partial charge in [-0.2, -0.15) is 10.2 Å². The molecule has 6 aromatic rings. The van der Waals surface area contributed by atoms with E-state index in [2.05, 4.69) is 32.3 Å². The first-order valence-electron chi connectivity index (χ1n) is 15.2. The molecule has 2 fully saturated rings. The van der Waals surface area contributed by atoms with Crippen LogP contribution in [0.25, 0.3) is 11.3 Å². The van der Waals surface area contributed by atoms with E-state index in [0.29, 0.717) is 51.4 Å². The summed E-state index contributed by atoms with van der Waals surface area (Å²) in [7, 11) is 0. The third-order valence-electron chi connectivity index (χ3n) is 8.18. The molecule has 0 radical (unpaired) electrons. The number of halogens is 3. The number of hydrogen-bond acceptors (Lipinski definition) is 7. The summed E-state index contributed by atoms with van der Waals surface area (Å²) in [4.78, 5) is 31.8. The van der Waals surface area contributed by atoms with Crippen LogP contribution in [0.2, 0.25) is 10.3 Å². The summed E-state index contributed by atoms with van der Waals surface area (Å²) < 4.78 is 3.14. The lowest BCUT2D eigenvalue weighted by Crippen LogP contribution is -2.09. The van der Waals surface area contributed by atoms with Crippen LogP contribution in [0.1, 0.15) is 52.9 Å². The molecule has 4 aromatic heterocycles. The Balaban J connectivity index is 0.000000136. The molecule has 4 unspecified atom stereocenters. The zero-order chi connectivity index (χ0) is 33.2. The number of fused-ring (bicyclic) bond motifs is 2. The van der Waals surface area contributed by atoms with Crippen LogP contribution < -0.4 is 5.73 Å². The van der Waals surface area contributed by atoms with Gasteiger partial charge in [-0.3, -0.25) is 9.59 Å². The lowest BCUT2D eigenvalue weighted by Gasteiger charge is -2.03. The average Bonchev–Trinajstić information content (AvgIpc) is 3.95. The molecule has 2 saturated carbocycles. The number of ketones is 1. The first-order chi connectivity index (χ1) is 22.6. The summed E-state index contributed by atoms with van der Waals surface area (Å²) in [6.07, 6.45) is 2.19. The van der Waals surface area contributed by atoms with Gasteiger partial charge in [0.25, 0.3) is 0 Å². The molecule has 4 atom stereocenters. The van der Waals surface area contributed by atoms with Gasteiger partial charge in [-0.15, -0.1) is 0 Å². The second-order valence-corrected chi connectivity index (χ2v) is 13.0. The SMILES string of the molecule is Cc1cc2nc(CC(=O)C3CC3c3ccccc3)cc(Cl)n2n1.Cc1cc2nc(N)cc(Cl)n2n1.O=C(Cl)C1CC1c1ccccc1. The molecule has 9 nitrogen and oxygen atoms in total. The number of nitrogen functional groups attached to an aromatic ring is 1. The first kappa shape index (κ1) is 32.6. The van der Waals surface area contributed by atoms with Gasteiger partial charge in [0, 0.05) is 36.5 Å². The van der Waals surface area contributed by atoms with Crippen LogP contribution in [0.4, 0.5) is 5.82 Å². The van der Waals surface area contributed by atoms with Crippen molar-refractivity contribution in [2.45, 2.75) is 44.9 Å². The van der Waals surface area contributed by atoms with Crippen LogP contribution in [0.5, 0.6) is 0 Å². The maximum absolute atomic E-state index is 12.5. The van der Waals surface area contributed by atoms with Gasteiger partial charge in [0.15, 0.2) is 11.3 Å². The predicted molar refractivity (Wildman–Crippen MR) is 184 cm³/mol. The lowest BCUT2D eigenvalue weighted by molar-refractivity contribution is -0.119. The quantitative estimate of drug-likeness (QED) is 0.143. The molecule has 0 saturated heterocycles. The third-order valence-corrected chi connectivity index (χ3v) is 9.00. The van der Waals surface area contributed by atoms with Crippen LogP contribution in [0.15, 0.2) is 84.9 Å². The Labute approximate surface area is 286 Å². The van der Waals surface area contributed by atoms with E-state index in [4.69, 9.17) is 40.5 Å². The van der Waals surface area contributed by atoms with E-state index >= 15 is 0 Å². The standard InChI is InChI=1S/C18H16ClN3O.C10H9ClO.C7H7ClN4/c1-11-7-18-20-13(9-17(19)22(18)21-11)8-16(23)15-10-14(15)12-5-3-2-4-6-12;11-10(12)9-6-8(9)7-4-2-1-3-5-7;1-4-2-7-10-6(9)3-5(8)12(7)11-4/h2-7,9,14-15H,8,10H2,1H3;1-5,8-9H,6H2;2-3H,1H3,(H2,9,10). The number of aromatic nitrogens is 6. The van der Waals surface area contributed by atoms with Gasteiger partial charge >= 0.3 is 0 Å². The van der Waals surface area contributed by atoms with Gasteiger partial charge in [-0.05, 0) is 67.3 Å². The third kappa shape index (κ3) is 7.81. The number of nitrogens with two attached hydrogens (primary N) is 1. The minimum Gasteiger partial charge on any atom is -0.384 e. The molecule has 0 spiro atoms. The number of aryl methyl sites for hydroxylation is 2.